The summed E-state index contributed by atoms with van der Waals surface area (Å²) in [5.41, 5.74) is 4.42. The summed E-state index contributed by atoms with van der Waals surface area (Å²) in [6, 6.07) is 14.2. The molecule has 3 rings (SSSR count). The van der Waals surface area contributed by atoms with Crippen molar-refractivity contribution in [3.05, 3.63) is 59.8 Å². The van der Waals surface area contributed by atoms with Crippen molar-refractivity contribution < 1.29 is 4.74 Å². The molecule has 0 unspecified atom stereocenters. The quantitative estimate of drug-likeness (QED) is 0.812. The molecular formula is C19H21N3O. The van der Waals surface area contributed by atoms with Crippen molar-refractivity contribution in [2.24, 2.45) is 16.1 Å². The van der Waals surface area contributed by atoms with Crippen LogP contribution in [0.15, 0.2) is 58.9 Å². The third-order valence-electron chi connectivity index (χ3n) is 3.87. The first-order valence-electron chi connectivity index (χ1n) is 7.99. The van der Waals surface area contributed by atoms with Crippen LogP contribution < -0.4 is 4.74 Å². The molecule has 0 N–H and O–H groups in total. The van der Waals surface area contributed by atoms with Gasteiger partial charge < -0.3 is 4.74 Å². The van der Waals surface area contributed by atoms with E-state index in [2.05, 4.69) is 41.2 Å². The topological polar surface area (TPSA) is 46.8 Å². The largest absolute Gasteiger partial charge is 0.477 e. The highest BCUT2D eigenvalue weighted by Crippen LogP contribution is 2.18. The summed E-state index contributed by atoms with van der Waals surface area (Å²) in [6.45, 7) is 4.89. The molecule has 0 radical (unpaired) electrons. The van der Waals surface area contributed by atoms with E-state index in [-0.39, 0.29) is 0 Å². The maximum absolute atomic E-state index is 5.78. The zero-order valence-electron chi connectivity index (χ0n) is 13.6. The number of aromatic nitrogens is 1. The van der Waals surface area contributed by atoms with Crippen molar-refractivity contribution >= 4 is 11.4 Å². The second-order valence-corrected chi connectivity index (χ2v) is 5.94. The Balaban J connectivity index is 1.58. The van der Waals surface area contributed by atoms with Crippen molar-refractivity contribution in [3.8, 4) is 5.88 Å². The minimum Gasteiger partial charge on any atom is -0.477 e. The lowest BCUT2D eigenvalue weighted by Gasteiger charge is -2.08. The summed E-state index contributed by atoms with van der Waals surface area (Å²) in [7, 11) is 0. The van der Waals surface area contributed by atoms with Crippen molar-refractivity contribution in [3.63, 3.8) is 0 Å². The average Bonchev–Trinajstić information content (AvgIpc) is 3.07. The van der Waals surface area contributed by atoms with E-state index in [4.69, 9.17) is 4.74 Å². The minimum absolute atomic E-state index is 0.430. The van der Waals surface area contributed by atoms with Gasteiger partial charge in [0.1, 0.15) is 0 Å². The molecule has 0 saturated carbocycles. The molecule has 1 aromatic heterocycles. The molecule has 2 aromatic rings. The average molecular weight is 307 g/mol. The van der Waals surface area contributed by atoms with Crippen LogP contribution in [-0.2, 0) is 6.42 Å². The van der Waals surface area contributed by atoms with Crippen molar-refractivity contribution in [1.82, 2.24) is 4.98 Å². The Labute approximate surface area is 136 Å². The van der Waals surface area contributed by atoms with Crippen molar-refractivity contribution in [2.75, 3.05) is 6.61 Å². The van der Waals surface area contributed by atoms with E-state index < -0.39 is 0 Å². The van der Waals surface area contributed by atoms with Gasteiger partial charge in [0, 0.05) is 36.4 Å². The molecule has 4 nitrogen and oxygen atoms in total. The highest BCUT2D eigenvalue weighted by atomic mass is 16.5. The van der Waals surface area contributed by atoms with Crippen molar-refractivity contribution in [2.45, 2.75) is 26.7 Å². The van der Waals surface area contributed by atoms with Crippen LogP contribution in [0.2, 0.25) is 0 Å². The highest BCUT2D eigenvalue weighted by molar-refractivity contribution is 6.15. The van der Waals surface area contributed by atoms with Gasteiger partial charge in [-0.05, 0) is 17.5 Å². The van der Waals surface area contributed by atoms with Crippen LogP contribution in [0.25, 0.3) is 0 Å². The van der Waals surface area contributed by atoms with Gasteiger partial charge in [-0.2, -0.15) is 10.2 Å². The molecule has 118 valence electrons. The predicted molar refractivity (Wildman–Crippen MR) is 93.3 cm³/mol. The molecule has 0 amide bonds. The SMILES string of the molecule is CC(C)C1=NN=C(c2ccnc(OCCc3ccccc3)c2)C1. The number of benzene rings is 1. The van der Waals surface area contributed by atoms with Gasteiger partial charge in [0.15, 0.2) is 0 Å². The lowest BCUT2D eigenvalue weighted by Crippen LogP contribution is -2.10. The van der Waals surface area contributed by atoms with Crippen LogP contribution in [0.1, 0.15) is 31.4 Å². The molecule has 1 aromatic carbocycles. The monoisotopic (exact) mass is 307 g/mol. The van der Waals surface area contributed by atoms with Crippen LogP contribution >= 0.6 is 0 Å². The van der Waals surface area contributed by atoms with Gasteiger partial charge in [0.05, 0.1) is 12.3 Å². The molecule has 0 aliphatic carbocycles. The third kappa shape index (κ3) is 4.03. The number of pyridine rings is 1. The Kier molecular flexibility index (Phi) is 4.81. The van der Waals surface area contributed by atoms with Crippen LogP contribution in [-0.4, -0.2) is 23.0 Å². The molecular weight excluding hydrogens is 286 g/mol. The fraction of sp³-hybridized carbons (Fsp3) is 0.316. The maximum Gasteiger partial charge on any atom is 0.213 e. The first kappa shape index (κ1) is 15.4. The minimum atomic E-state index is 0.430. The smallest absolute Gasteiger partial charge is 0.213 e. The van der Waals surface area contributed by atoms with E-state index in [9.17, 15) is 0 Å². The summed E-state index contributed by atoms with van der Waals surface area (Å²) in [5.74, 6) is 1.07. The number of hydrogen-bond acceptors (Lipinski definition) is 4. The molecule has 0 bridgehead atoms. The second-order valence-electron chi connectivity index (χ2n) is 5.94. The Hall–Kier alpha value is -2.49. The maximum atomic E-state index is 5.78. The Morgan fingerprint density at radius 2 is 1.91 bits per heavy atom. The Morgan fingerprint density at radius 3 is 2.65 bits per heavy atom. The third-order valence-corrected chi connectivity index (χ3v) is 3.87. The summed E-state index contributed by atoms with van der Waals surface area (Å²) in [6.07, 6.45) is 3.45. The first-order valence-corrected chi connectivity index (χ1v) is 7.99. The van der Waals surface area contributed by atoms with Crippen LogP contribution in [0.4, 0.5) is 0 Å². The first-order chi connectivity index (χ1) is 11.2. The Morgan fingerprint density at radius 1 is 1.09 bits per heavy atom. The predicted octanol–water partition coefficient (Wildman–Crippen LogP) is 3.91. The molecule has 23 heavy (non-hydrogen) atoms. The molecule has 4 heteroatoms. The van der Waals surface area contributed by atoms with Gasteiger partial charge in [0.25, 0.3) is 0 Å². The summed E-state index contributed by atoms with van der Waals surface area (Å²) < 4.78 is 5.78. The Bertz CT molecular complexity index is 720. The fourth-order valence-corrected chi connectivity index (χ4v) is 2.43. The molecule has 0 spiro atoms. The molecule has 1 aliphatic heterocycles. The molecule has 1 aliphatic rings. The number of rotatable bonds is 6. The van der Waals surface area contributed by atoms with Crippen LogP contribution in [0, 0.1) is 5.92 Å². The highest BCUT2D eigenvalue weighted by Gasteiger charge is 2.17. The summed E-state index contributed by atoms with van der Waals surface area (Å²) in [5, 5.41) is 8.57. The van der Waals surface area contributed by atoms with Crippen LogP contribution in [0.3, 0.4) is 0 Å². The molecule has 2 heterocycles. The normalized spacial score (nSPS) is 13.9. The van der Waals surface area contributed by atoms with E-state index in [1.165, 1.54) is 5.56 Å². The van der Waals surface area contributed by atoms with Gasteiger partial charge in [0.2, 0.25) is 5.88 Å². The molecule has 0 saturated heterocycles. The van der Waals surface area contributed by atoms with E-state index in [0.29, 0.717) is 18.4 Å². The van der Waals surface area contributed by atoms with Gasteiger partial charge in [-0.15, -0.1) is 0 Å². The standard InChI is InChI=1S/C19H21N3O/c1-14(2)17-13-18(22-21-17)16-8-10-20-19(12-16)23-11-9-15-6-4-3-5-7-15/h3-8,10,12,14H,9,11,13H2,1-2H3. The van der Waals surface area contributed by atoms with Gasteiger partial charge in [-0.25, -0.2) is 4.98 Å². The summed E-state index contributed by atoms with van der Waals surface area (Å²) >= 11 is 0. The zero-order chi connectivity index (χ0) is 16.1. The number of nitrogens with zero attached hydrogens (tertiary/aromatic N) is 3. The number of hydrogen-bond donors (Lipinski definition) is 0. The lowest BCUT2D eigenvalue weighted by atomic mass is 10.00. The number of ether oxygens (including phenoxy) is 1. The van der Waals surface area contributed by atoms with E-state index in [1.807, 2.05) is 30.3 Å². The molecule has 0 atom stereocenters. The van der Waals surface area contributed by atoms with Crippen molar-refractivity contribution in [1.29, 1.82) is 0 Å². The molecule has 0 fully saturated rings. The van der Waals surface area contributed by atoms with Gasteiger partial charge >= 0.3 is 0 Å². The zero-order valence-corrected chi connectivity index (χ0v) is 13.6. The van der Waals surface area contributed by atoms with E-state index in [0.717, 1.165) is 29.8 Å². The van der Waals surface area contributed by atoms with Crippen LogP contribution in [0.5, 0.6) is 5.88 Å². The lowest BCUT2D eigenvalue weighted by molar-refractivity contribution is 0.309. The fourth-order valence-electron chi connectivity index (χ4n) is 2.43. The van der Waals surface area contributed by atoms with Gasteiger partial charge in [-0.1, -0.05) is 44.2 Å². The van der Waals surface area contributed by atoms with Gasteiger partial charge in [-0.3, -0.25) is 0 Å². The summed E-state index contributed by atoms with van der Waals surface area (Å²) in [4.78, 5) is 4.28. The second kappa shape index (κ2) is 7.18. The van der Waals surface area contributed by atoms with E-state index >= 15 is 0 Å². The van der Waals surface area contributed by atoms with E-state index in [1.54, 1.807) is 6.20 Å².